The topological polar surface area (TPSA) is 49.4 Å². The smallest absolute Gasteiger partial charge is 0.227 e. The van der Waals surface area contributed by atoms with Gasteiger partial charge in [-0.3, -0.25) is 9.59 Å². The third-order valence-electron chi connectivity index (χ3n) is 5.43. The minimum atomic E-state index is -0.299. The van der Waals surface area contributed by atoms with E-state index in [-0.39, 0.29) is 35.4 Å². The summed E-state index contributed by atoms with van der Waals surface area (Å²) in [4.78, 5) is 26.7. The zero-order chi connectivity index (χ0) is 16.4. The Hall–Kier alpha value is -1.91. The molecule has 0 bridgehead atoms. The molecule has 4 nitrogen and oxygen atoms in total. The van der Waals surface area contributed by atoms with E-state index in [1.165, 1.54) is 12.1 Å². The van der Waals surface area contributed by atoms with Crippen LogP contribution >= 0.6 is 0 Å². The van der Waals surface area contributed by atoms with Crippen LogP contribution in [0.5, 0.6) is 0 Å². The summed E-state index contributed by atoms with van der Waals surface area (Å²) in [7, 11) is 1.66. The van der Waals surface area contributed by atoms with Gasteiger partial charge in [0.1, 0.15) is 5.82 Å². The van der Waals surface area contributed by atoms with Gasteiger partial charge >= 0.3 is 0 Å². The third kappa shape index (κ3) is 3.09. The lowest BCUT2D eigenvalue weighted by Crippen LogP contribution is -2.38. The summed E-state index contributed by atoms with van der Waals surface area (Å²) < 4.78 is 13.0. The van der Waals surface area contributed by atoms with Crippen molar-refractivity contribution in [1.82, 2.24) is 10.2 Å². The van der Waals surface area contributed by atoms with Crippen LogP contribution in [0.4, 0.5) is 4.39 Å². The van der Waals surface area contributed by atoms with E-state index in [2.05, 4.69) is 5.32 Å². The van der Waals surface area contributed by atoms with E-state index in [0.29, 0.717) is 13.1 Å². The highest BCUT2D eigenvalue weighted by atomic mass is 19.1. The number of likely N-dealkylation sites (tertiary alicyclic amines) is 1. The Kier molecular flexibility index (Phi) is 4.37. The van der Waals surface area contributed by atoms with Crippen molar-refractivity contribution in [3.05, 3.63) is 35.6 Å². The second-order valence-electron chi connectivity index (χ2n) is 6.81. The Morgan fingerprint density at radius 3 is 2.52 bits per heavy atom. The molecule has 1 saturated heterocycles. The Morgan fingerprint density at radius 2 is 1.91 bits per heavy atom. The second kappa shape index (κ2) is 6.30. The van der Waals surface area contributed by atoms with E-state index in [1.807, 2.05) is 4.90 Å². The van der Waals surface area contributed by atoms with Gasteiger partial charge in [-0.05, 0) is 30.5 Å². The number of nitrogens with one attached hydrogen (secondary N) is 1. The average Bonchev–Trinajstić information content (AvgIpc) is 3.17. The third-order valence-corrected chi connectivity index (χ3v) is 5.43. The van der Waals surface area contributed by atoms with Gasteiger partial charge in [0, 0.05) is 25.6 Å². The molecule has 3 rings (SSSR count). The molecule has 23 heavy (non-hydrogen) atoms. The van der Waals surface area contributed by atoms with E-state index < -0.39 is 0 Å². The summed E-state index contributed by atoms with van der Waals surface area (Å²) in [5, 5.41) is 2.75. The van der Waals surface area contributed by atoms with Crippen molar-refractivity contribution in [2.75, 3.05) is 20.1 Å². The van der Waals surface area contributed by atoms with Crippen LogP contribution in [0.15, 0.2) is 24.3 Å². The second-order valence-corrected chi connectivity index (χ2v) is 6.81. The van der Waals surface area contributed by atoms with Crippen molar-refractivity contribution < 1.29 is 14.0 Å². The highest BCUT2D eigenvalue weighted by Crippen LogP contribution is 2.49. The largest absolute Gasteiger partial charge is 0.359 e. The zero-order valence-electron chi connectivity index (χ0n) is 13.5. The fourth-order valence-electron chi connectivity index (χ4n) is 4.17. The molecule has 1 aliphatic carbocycles. The van der Waals surface area contributed by atoms with E-state index in [1.54, 1.807) is 19.2 Å². The molecular formula is C18H23FN2O2. The van der Waals surface area contributed by atoms with Gasteiger partial charge in [-0.15, -0.1) is 0 Å². The van der Waals surface area contributed by atoms with E-state index >= 15 is 0 Å². The van der Waals surface area contributed by atoms with Crippen molar-refractivity contribution in [1.29, 1.82) is 0 Å². The molecule has 0 radical (unpaired) electrons. The number of hydrogen-bond donors (Lipinski definition) is 1. The summed E-state index contributed by atoms with van der Waals surface area (Å²) in [5.74, 6) is -0.336. The van der Waals surface area contributed by atoms with Crippen LogP contribution in [0.2, 0.25) is 0 Å². The maximum Gasteiger partial charge on any atom is 0.227 e. The number of rotatable bonds is 3. The lowest BCUT2D eigenvalue weighted by Gasteiger charge is -2.28. The minimum absolute atomic E-state index is 0.0225. The molecule has 1 aromatic carbocycles. The maximum absolute atomic E-state index is 13.0. The van der Waals surface area contributed by atoms with Crippen molar-refractivity contribution in [2.24, 2.45) is 11.3 Å². The fraction of sp³-hybridized carbons (Fsp3) is 0.556. The van der Waals surface area contributed by atoms with Gasteiger partial charge in [-0.2, -0.15) is 0 Å². The molecule has 1 saturated carbocycles. The fourth-order valence-corrected chi connectivity index (χ4v) is 4.17. The highest BCUT2D eigenvalue weighted by Gasteiger charge is 2.51. The summed E-state index contributed by atoms with van der Waals surface area (Å²) in [6.07, 6.45) is 4.56. The Balaban J connectivity index is 1.72. The number of halogens is 1. The first-order valence-corrected chi connectivity index (χ1v) is 8.28. The number of amides is 2. The van der Waals surface area contributed by atoms with Gasteiger partial charge in [0.05, 0.1) is 12.3 Å². The van der Waals surface area contributed by atoms with Gasteiger partial charge in [0.2, 0.25) is 11.8 Å². The first kappa shape index (κ1) is 16.0. The number of carbonyl (C=O) groups is 2. The van der Waals surface area contributed by atoms with E-state index in [0.717, 1.165) is 31.2 Å². The standard InChI is InChI=1S/C18H23FN2O2/c1-20-17(23)15-11-21(12-18(15)8-2-3-9-18)16(22)10-13-4-6-14(19)7-5-13/h4-7,15H,2-3,8-12H2,1H3,(H,20,23)/t15-/m0/s1. The Bertz CT molecular complexity index is 594. The Labute approximate surface area is 136 Å². The molecule has 2 aliphatic rings. The number of hydrogen-bond acceptors (Lipinski definition) is 2. The van der Waals surface area contributed by atoms with Crippen molar-refractivity contribution >= 4 is 11.8 Å². The molecule has 1 heterocycles. The molecule has 2 amide bonds. The lowest BCUT2D eigenvalue weighted by atomic mass is 9.76. The van der Waals surface area contributed by atoms with Crippen LogP contribution in [0.25, 0.3) is 0 Å². The van der Waals surface area contributed by atoms with Gasteiger partial charge in [0.15, 0.2) is 0 Å². The monoisotopic (exact) mass is 318 g/mol. The van der Waals surface area contributed by atoms with Crippen molar-refractivity contribution in [3.8, 4) is 0 Å². The molecule has 1 spiro atoms. The Morgan fingerprint density at radius 1 is 1.26 bits per heavy atom. The SMILES string of the molecule is CNC(=O)[C@@H]1CN(C(=O)Cc2ccc(F)cc2)CC12CCCC2. The molecule has 1 aliphatic heterocycles. The van der Waals surface area contributed by atoms with Crippen LogP contribution < -0.4 is 5.32 Å². The first-order valence-electron chi connectivity index (χ1n) is 8.28. The summed E-state index contributed by atoms with van der Waals surface area (Å²) in [6.45, 7) is 1.17. The predicted molar refractivity (Wildman–Crippen MR) is 85.1 cm³/mol. The van der Waals surface area contributed by atoms with E-state index in [9.17, 15) is 14.0 Å². The van der Waals surface area contributed by atoms with Crippen LogP contribution in [-0.4, -0.2) is 36.9 Å². The molecule has 5 heteroatoms. The first-order chi connectivity index (χ1) is 11.0. The average molecular weight is 318 g/mol. The van der Waals surface area contributed by atoms with Gasteiger partial charge in [-0.25, -0.2) is 4.39 Å². The molecule has 0 aromatic heterocycles. The molecule has 1 aromatic rings. The molecule has 0 unspecified atom stereocenters. The summed E-state index contributed by atoms with van der Waals surface area (Å²) in [6, 6.07) is 6.03. The number of carbonyl (C=O) groups excluding carboxylic acids is 2. The van der Waals surface area contributed by atoms with Gasteiger partial charge < -0.3 is 10.2 Å². The number of nitrogens with zero attached hydrogens (tertiary/aromatic N) is 1. The van der Waals surface area contributed by atoms with Crippen molar-refractivity contribution in [2.45, 2.75) is 32.1 Å². The number of benzene rings is 1. The zero-order valence-corrected chi connectivity index (χ0v) is 13.5. The van der Waals surface area contributed by atoms with Crippen LogP contribution in [-0.2, 0) is 16.0 Å². The molecule has 124 valence electrons. The van der Waals surface area contributed by atoms with Gasteiger partial charge in [0.25, 0.3) is 0 Å². The molecule has 1 atom stereocenters. The summed E-state index contributed by atoms with van der Waals surface area (Å²) in [5.41, 5.74) is 0.763. The van der Waals surface area contributed by atoms with Crippen molar-refractivity contribution in [3.63, 3.8) is 0 Å². The highest BCUT2D eigenvalue weighted by molar-refractivity contribution is 5.84. The van der Waals surface area contributed by atoms with Crippen LogP contribution in [0.3, 0.4) is 0 Å². The molecule has 1 N–H and O–H groups in total. The normalized spacial score (nSPS) is 22.5. The van der Waals surface area contributed by atoms with Crippen LogP contribution in [0, 0.1) is 17.2 Å². The predicted octanol–water partition coefficient (Wildman–Crippen LogP) is 2.13. The maximum atomic E-state index is 13.0. The van der Waals surface area contributed by atoms with E-state index in [4.69, 9.17) is 0 Å². The van der Waals surface area contributed by atoms with Crippen LogP contribution in [0.1, 0.15) is 31.2 Å². The molecular weight excluding hydrogens is 295 g/mol. The van der Waals surface area contributed by atoms with Gasteiger partial charge in [-0.1, -0.05) is 25.0 Å². The molecule has 2 fully saturated rings. The summed E-state index contributed by atoms with van der Waals surface area (Å²) >= 11 is 0. The lowest BCUT2D eigenvalue weighted by molar-refractivity contribution is -0.130. The minimum Gasteiger partial charge on any atom is -0.359 e. The quantitative estimate of drug-likeness (QED) is 0.928.